The lowest BCUT2D eigenvalue weighted by molar-refractivity contribution is 0.0633. The van der Waals surface area contributed by atoms with E-state index in [-0.39, 0.29) is 0 Å². The van der Waals surface area contributed by atoms with Crippen LogP contribution in [-0.4, -0.2) is 28.7 Å². The quantitative estimate of drug-likeness (QED) is 0.731. The molecular formula is C9H10FN3O3. The molecule has 0 aromatic carbocycles. The Morgan fingerprint density at radius 1 is 1.69 bits per heavy atom. The highest BCUT2D eigenvalue weighted by Crippen LogP contribution is 2.09. The third-order valence-corrected chi connectivity index (χ3v) is 2.19. The van der Waals surface area contributed by atoms with E-state index in [0.717, 1.165) is 12.6 Å². The zero-order valence-corrected chi connectivity index (χ0v) is 8.33. The van der Waals surface area contributed by atoms with Crippen LogP contribution in [0.2, 0.25) is 0 Å². The van der Waals surface area contributed by atoms with E-state index in [1.165, 1.54) is 0 Å². The summed E-state index contributed by atoms with van der Waals surface area (Å²) in [5.41, 5.74) is -1.22. The van der Waals surface area contributed by atoms with E-state index in [2.05, 4.69) is 15.3 Å². The van der Waals surface area contributed by atoms with Crippen LogP contribution in [0, 0.1) is 5.95 Å². The molecule has 1 aromatic rings. The largest absolute Gasteiger partial charge is 0.359 e. The van der Waals surface area contributed by atoms with Crippen molar-refractivity contribution in [1.82, 2.24) is 15.3 Å². The monoisotopic (exact) mass is 227 g/mol. The number of H-pyrrole nitrogens is 1. The third kappa shape index (κ3) is 2.25. The summed E-state index contributed by atoms with van der Waals surface area (Å²) in [5, 5.41) is 2.45. The van der Waals surface area contributed by atoms with Gasteiger partial charge in [0, 0.05) is 6.61 Å². The van der Waals surface area contributed by atoms with Gasteiger partial charge in [-0.3, -0.25) is 9.59 Å². The summed E-state index contributed by atoms with van der Waals surface area (Å²) >= 11 is 0. The van der Waals surface area contributed by atoms with Gasteiger partial charge in [0.1, 0.15) is 6.23 Å². The van der Waals surface area contributed by atoms with Gasteiger partial charge in [0.2, 0.25) is 5.95 Å². The molecule has 6 nitrogen and oxygen atoms in total. The van der Waals surface area contributed by atoms with Crippen LogP contribution in [0.1, 0.15) is 23.3 Å². The van der Waals surface area contributed by atoms with Gasteiger partial charge in [0.25, 0.3) is 11.5 Å². The molecule has 1 aliphatic rings. The Morgan fingerprint density at radius 3 is 3.19 bits per heavy atom. The van der Waals surface area contributed by atoms with Crippen LogP contribution in [0.4, 0.5) is 4.39 Å². The summed E-state index contributed by atoms with van der Waals surface area (Å²) < 4.78 is 17.9. The first-order chi connectivity index (χ1) is 7.66. The zero-order chi connectivity index (χ0) is 11.5. The Bertz CT molecular complexity index is 454. The normalized spacial score (nSPS) is 19.7. The highest BCUT2D eigenvalue weighted by molar-refractivity contribution is 5.91. The number of hydrogen-bond donors (Lipinski definition) is 2. The highest BCUT2D eigenvalue weighted by atomic mass is 19.1. The van der Waals surface area contributed by atoms with E-state index in [1.54, 1.807) is 0 Å². The molecule has 0 spiro atoms. The second-order valence-corrected chi connectivity index (χ2v) is 3.38. The summed E-state index contributed by atoms with van der Waals surface area (Å²) in [6.07, 6.45) is 1.90. The molecule has 0 unspecified atom stereocenters. The summed E-state index contributed by atoms with van der Waals surface area (Å²) in [5.74, 6) is -1.63. The summed E-state index contributed by atoms with van der Waals surface area (Å²) in [7, 11) is 0. The van der Waals surface area contributed by atoms with Gasteiger partial charge in [0.05, 0.1) is 6.20 Å². The van der Waals surface area contributed by atoms with Crippen LogP contribution in [0.5, 0.6) is 0 Å². The Kier molecular flexibility index (Phi) is 2.95. The van der Waals surface area contributed by atoms with Gasteiger partial charge >= 0.3 is 0 Å². The van der Waals surface area contributed by atoms with Crippen molar-refractivity contribution in [3.63, 3.8) is 0 Å². The molecule has 0 saturated carbocycles. The predicted octanol–water partition coefficient (Wildman–Crippen LogP) is -0.225. The molecule has 16 heavy (non-hydrogen) atoms. The minimum Gasteiger partial charge on any atom is -0.359 e. The smallest absolute Gasteiger partial charge is 0.279 e. The molecule has 1 aromatic heterocycles. The number of amides is 1. The van der Waals surface area contributed by atoms with Crippen molar-refractivity contribution in [2.45, 2.75) is 19.1 Å². The predicted molar refractivity (Wildman–Crippen MR) is 51.3 cm³/mol. The molecule has 0 aliphatic carbocycles. The topological polar surface area (TPSA) is 84.1 Å². The molecule has 86 valence electrons. The number of carbonyl (C=O) groups excluding carboxylic acids is 1. The van der Waals surface area contributed by atoms with Gasteiger partial charge in [-0.15, -0.1) is 0 Å². The van der Waals surface area contributed by atoms with Crippen LogP contribution in [-0.2, 0) is 4.74 Å². The molecule has 0 radical (unpaired) electrons. The maximum atomic E-state index is 12.7. The maximum absolute atomic E-state index is 12.7. The Hall–Kier alpha value is -1.76. The zero-order valence-electron chi connectivity index (χ0n) is 8.33. The maximum Gasteiger partial charge on any atom is 0.279 e. The van der Waals surface area contributed by atoms with Crippen molar-refractivity contribution in [2.75, 3.05) is 6.61 Å². The highest BCUT2D eigenvalue weighted by Gasteiger charge is 2.21. The van der Waals surface area contributed by atoms with Crippen LogP contribution in [0.15, 0.2) is 11.0 Å². The lowest BCUT2D eigenvalue weighted by Gasteiger charge is -2.10. The first-order valence-electron chi connectivity index (χ1n) is 4.84. The van der Waals surface area contributed by atoms with Crippen LogP contribution < -0.4 is 10.9 Å². The first-order valence-corrected chi connectivity index (χ1v) is 4.84. The minimum atomic E-state index is -0.905. The number of halogens is 1. The summed E-state index contributed by atoms with van der Waals surface area (Å²) in [6, 6.07) is 0. The molecule has 1 fully saturated rings. The summed E-state index contributed by atoms with van der Waals surface area (Å²) in [4.78, 5) is 28.0. The molecule has 2 N–H and O–H groups in total. The van der Waals surface area contributed by atoms with Gasteiger partial charge in [-0.05, 0) is 12.8 Å². The lowest BCUT2D eigenvalue weighted by atomic mass is 10.3. The standard InChI is InChI=1S/C9H10FN3O3/c10-5-4-11-8(14)7(12-5)9(15)13-6-2-1-3-16-6/h4,6H,1-3H2,(H,11,14)(H,13,15)/t6-/m1/s1. The van der Waals surface area contributed by atoms with Gasteiger partial charge in [0.15, 0.2) is 5.69 Å². The Balaban J connectivity index is 2.13. The van der Waals surface area contributed by atoms with Crippen molar-refractivity contribution in [3.8, 4) is 0 Å². The molecule has 1 atom stereocenters. The average Bonchev–Trinajstić information content (AvgIpc) is 2.74. The Labute approximate surface area is 89.8 Å². The number of nitrogens with one attached hydrogen (secondary N) is 2. The average molecular weight is 227 g/mol. The number of rotatable bonds is 2. The molecule has 2 heterocycles. The number of nitrogens with zero attached hydrogens (tertiary/aromatic N) is 1. The van der Waals surface area contributed by atoms with E-state index in [4.69, 9.17) is 4.74 Å². The van der Waals surface area contributed by atoms with E-state index in [1.807, 2.05) is 0 Å². The second-order valence-electron chi connectivity index (χ2n) is 3.38. The lowest BCUT2D eigenvalue weighted by Crippen LogP contribution is -2.38. The molecular weight excluding hydrogens is 217 g/mol. The molecule has 2 rings (SSSR count). The minimum absolute atomic E-state index is 0.419. The number of ether oxygens (including phenoxy) is 1. The van der Waals surface area contributed by atoms with Gasteiger partial charge in [-0.25, -0.2) is 4.98 Å². The molecule has 1 aliphatic heterocycles. The number of carbonyl (C=O) groups is 1. The fourth-order valence-electron chi connectivity index (χ4n) is 1.44. The fourth-order valence-corrected chi connectivity index (χ4v) is 1.44. The van der Waals surface area contributed by atoms with Crippen LogP contribution in [0.3, 0.4) is 0 Å². The second kappa shape index (κ2) is 4.40. The molecule has 0 bridgehead atoms. The first kappa shape index (κ1) is 10.7. The SMILES string of the molecule is O=C(N[C@H]1CCCO1)c1nc(F)c[nH]c1=O. The summed E-state index contributed by atoms with van der Waals surface area (Å²) in [6.45, 7) is 0.567. The van der Waals surface area contributed by atoms with Crippen molar-refractivity contribution in [3.05, 3.63) is 28.2 Å². The van der Waals surface area contributed by atoms with Crippen LogP contribution >= 0.6 is 0 Å². The fraction of sp³-hybridized carbons (Fsp3) is 0.444. The number of aromatic nitrogens is 2. The van der Waals surface area contributed by atoms with Crippen molar-refractivity contribution < 1.29 is 13.9 Å². The molecule has 1 saturated heterocycles. The van der Waals surface area contributed by atoms with E-state index < -0.39 is 29.3 Å². The van der Waals surface area contributed by atoms with E-state index in [9.17, 15) is 14.0 Å². The van der Waals surface area contributed by atoms with E-state index in [0.29, 0.717) is 13.0 Å². The Morgan fingerprint density at radius 2 is 2.50 bits per heavy atom. The van der Waals surface area contributed by atoms with Crippen LogP contribution in [0.25, 0.3) is 0 Å². The molecule has 7 heteroatoms. The van der Waals surface area contributed by atoms with Crippen molar-refractivity contribution >= 4 is 5.91 Å². The molecule has 1 amide bonds. The van der Waals surface area contributed by atoms with Crippen molar-refractivity contribution in [1.29, 1.82) is 0 Å². The van der Waals surface area contributed by atoms with Crippen molar-refractivity contribution in [2.24, 2.45) is 0 Å². The van der Waals surface area contributed by atoms with E-state index >= 15 is 0 Å². The number of hydrogen-bond acceptors (Lipinski definition) is 4. The third-order valence-electron chi connectivity index (χ3n) is 2.19. The van der Waals surface area contributed by atoms with Gasteiger partial charge in [-0.2, -0.15) is 4.39 Å². The van der Waals surface area contributed by atoms with Gasteiger partial charge in [-0.1, -0.05) is 0 Å². The van der Waals surface area contributed by atoms with Gasteiger partial charge < -0.3 is 15.0 Å². The number of aromatic amines is 1.